The Morgan fingerprint density at radius 2 is 1.67 bits per heavy atom. The molecule has 0 fully saturated rings. The van der Waals surface area contributed by atoms with Crippen molar-refractivity contribution in [2.24, 2.45) is 0 Å². The summed E-state index contributed by atoms with van der Waals surface area (Å²) in [6.07, 6.45) is 2.47. The lowest BCUT2D eigenvalue weighted by atomic mass is 10.0. The van der Waals surface area contributed by atoms with Crippen molar-refractivity contribution in [1.82, 2.24) is 0 Å². The maximum absolute atomic E-state index is 6.06. The van der Waals surface area contributed by atoms with Gasteiger partial charge in [0.05, 0.1) is 0 Å². The Hall–Kier alpha value is -0.980. The Kier molecular flexibility index (Phi) is 4.68. The van der Waals surface area contributed by atoms with Gasteiger partial charge in [0.1, 0.15) is 0 Å². The molecule has 0 N–H and O–H groups in total. The van der Waals surface area contributed by atoms with Crippen LogP contribution in [0.2, 0.25) is 10.0 Å². The zero-order valence-electron chi connectivity index (χ0n) is 10.4. The van der Waals surface area contributed by atoms with E-state index < -0.39 is 0 Å². The normalized spacial score (nSPS) is 16.7. The minimum atomic E-state index is 0.665. The van der Waals surface area contributed by atoms with Crippen LogP contribution in [0.3, 0.4) is 0 Å². The number of hydrogen-bond acceptors (Lipinski definition) is 0. The third kappa shape index (κ3) is 3.28. The van der Waals surface area contributed by atoms with Crippen LogP contribution in [-0.4, -0.2) is 0 Å². The highest BCUT2D eigenvalue weighted by Crippen LogP contribution is 2.37. The zero-order chi connectivity index (χ0) is 13.0. The molecule has 2 aromatic carbocycles. The number of rotatable bonds is 0. The van der Waals surface area contributed by atoms with Crippen LogP contribution in [-0.2, 0) is 6.42 Å². The summed E-state index contributed by atoms with van der Waals surface area (Å²) < 4.78 is 0. The van der Waals surface area contributed by atoms with Crippen LogP contribution in [0.15, 0.2) is 48.5 Å². The van der Waals surface area contributed by atoms with Gasteiger partial charge >= 0.3 is 0 Å². The smallest absolute Gasteiger partial charge is 0.0443 e. The molecule has 1 aliphatic rings. The molecule has 0 saturated heterocycles. The quantitative estimate of drug-likeness (QED) is 0.577. The molecule has 0 heterocycles. The summed E-state index contributed by atoms with van der Waals surface area (Å²) >= 11 is 11.6. The highest BCUT2D eigenvalue weighted by atomic mass is 35.5. The van der Waals surface area contributed by atoms with Crippen LogP contribution in [0.5, 0.6) is 0 Å². The Morgan fingerprint density at radius 3 is 2.22 bits per heavy atom. The van der Waals surface area contributed by atoms with Crippen LogP contribution in [0, 0.1) is 0 Å². The standard InChI is InChI=1S/C10H11Cl.C6H5Cl/c1-7-5-6-8-3-2-4-9(11)10(7)8;7-6-4-2-1-3-5-6/h2-4,7H,5-6H2,1H3;1-5H. The van der Waals surface area contributed by atoms with E-state index in [2.05, 4.69) is 13.0 Å². The molecule has 0 aliphatic heterocycles. The van der Waals surface area contributed by atoms with Crippen molar-refractivity contribution >= 4 is 23.2 Å². The van der Waals surface area contributed by atoms with Crippen LogP contribution >= 0.6 is 23.2 Å². The monoisotopic (exact) mass is 278 g/mol. The van der Waals surface area contributed by atoms with Gasteiger partial charge in [-0.05, 0) is 48.1 Å². The molecule has 1 unspecified atom stereocenters. The van der Waals surface area contributed by atoms with E-state index in [-0.39, 0.29) is 0 Å². The largest absolute Gasteiger partial charge is 0.0843 e. The summed E-state index contributed by atoms with van der Waals surface area (Å²) in [5, 5.41) is 1.75. The second kappa shape index (κ2) is 6.26. The Bertz CT molecular complexity index is 506. The van der Waals surface area contributed by atoms with Gasteiger partial charge in [-0.1, -0.05) is 60.5 Å². The number of aryl methyl sites for hydroxylation is 1. The van der Waals surface area contributed by atoms with Gasteiger partial charge < -0.3 is 0 Å². The van der Waals surface area contributed by atoms with Crippen molar-refractivity contribution in [3.8, 4) is 0 Å². The first-order valence-electron chi connectivity index (χ1n) is 6.16. The van der Waals surface area contributed by atoms with E-state index in [0.717, 1.165) is 10.0 Å². The second-order valence-corrected chi connectivity index (χ2v) is 5.39. The van der Waals surface area contributed by atoms with E-state index in [1.165, 1.54) is 24.0 Å². The summed E-state index contributed by atoms with van der Waals surface area (Å²) in [7, 11) is 0. The molecule has 0 radical (unpaired) electrons. The van der Waals surface area contributed by atoms with Gasteiger partial charge in [-0.15, -0.1) is 0 Å². The molecule has 1 atom stereocenters. The Balaban J connectivity index is 0.000000149. The third-order valence-electron chi connectivity index (χ3n) is 3.22. The van der Waals surface area contributed by atoms with Crippen molar-refractivity contribution in [2.45, 2.75) is 25.7 Å². The first-order chi connectivity index (χ1) is 8.68. The van der Waals surface area contributed by atoms with E-state index in [0.29, 0.717) is 5.92 Å². The average molecular weight is 279 g/mol. The van der Waals surface area contributed by atoms with Crippen molar-refractivity contribution in [3.05, 3.63) is 69.7 Å². The number of hydrogen-bond donors (Lipinski definition) is 0. The summed E-state index contributed by atoms with van der Waals surface area (Å²) in [5.41, 5.74) is 2.83. The Morgan fingerprint density at radius 1 is 0.944 bits per heavy atom. The van der Waals surface area contributed by atoms with Gasteiger partial charge in [0.2, 0.25) is 0 Å². The molecule has 0 amide bonds. The molecule has 94 valence electrons. The van der Waals surface area contributed by atoms with Gasteiger partial charge in [-0.3, -0.25) is 0 Å². The van der Waals surface area contributed by atoms with E-state index in [4.69, 9.17) is 23.2 Å². The number of fused-ring (bicyclic) bond motifs is 1. The highest BCUT2D eigenvalue weighted by Gasteiger charge is 2.20. The number of halogens is 2. The molecule has 1 aliphatic carbocycles. The molecular formula is C16H16Cl2. The maximum atomic E-state index is 6.06. The van der Waals surface area contributed by atoms with Crippen molar-refractivity contribution in [3.63, 3.8) is 0 Å². The van der Waals surface area contributed by atoms with E-state index >= 15 is 0 Å². The molecule has 2 aromatic rings. The minimum Gasteiger partial charge on any atom is -0.0843 e. The predicted octanol–water partition coefficient (Wildman–Crippen LogP) is 5.73. The molecule has 0 aromatic heterocycles. The van der Waals surface area contributed by atoms with E-state index in [9.17, 15) is 0 Å². The minimum absolute atomic E-state index is 0.665. The van der Waals surface area contributed by atoms with Gasteiger partial charge in [0, 0.05) is 10.0 Å². The number of benzene rings is 2. The fraction of sp³-hybridized carbons (Fsp3) is 0.250. The van der Waals surface area contributed by atoms with Gasteiger partial charge in [-0.25, -0.2) is 0 Å². The molecule has 3 rings (SSSR count). The summed E-state index contributed by atoms with van der Waals surface area (Å²) in [4.78, 5) is 0. The van der Waals surface area contributed by atoms with Crippen LogP contribution in [0.4, 0.5) is 0 Å². The molecule has 0 bridgehead atoms. The SMILES string of the molecule is CC1CCc2cccc(Cl)c21.Clc1ccccc1. The third-order valence-corrected chi connectivity index (χ3v) is 3.80. The molecule has 0 saturated carbocycles. The van der Waals surface area contributed by atoms with Crippen molar-refractivity contribution in [1.29, 1.82) is 0 Å². The fourth-order valence-electron chi connectivity index (χ4n) is 2.28. The maximum Gasteiger partial charge on any atom is 0.0443 e. The lowest BCUT2D eigenvalue weighted by molar-refractivity contribution is 0.747. The molecule has 2 heteroatoms. The molecule has 0 nitrogen and oxygen atoms in total. The lowest BCUT2D eigenvalue weighted by Crippen LogP contribution is -1.86. The average Bonchev–Trinajstić information content (AvgIpc) is 2.74. The van der Waals surface area contributed by atoms with Gasteiger partial charge in [0.25, 0.3) is 0 Å². The predicted molar refractivity (Wildman–Crippen MR) is 79.6 cm³/mol. The van der Waals surface area contributed by atoms with Gasteiger partial charge in [0.15, 0.2) is 0 Å². The highest BCUT2D eigenvalue weighted by molar-refractivity contribution is 6.31. The topological polar surface area (TPSA) is 0 Å². The van der Waals surface area contributed by atoms with Crippen molar-refractivity contribution in [2.75, 3.05) is 0 Å². The van der Waals surface area contributed by atoms with E-state index in [1.807, 2.05) is 42.5 Å². The zero-order valence-corrected chi connectivity index (χ0v) is 11.9. The fourth-order valence-corrected chi connectivity index (χ4v) is 2.81. The lowest BCUT2D eigenvalue weighted by Gasteiger charge is -2.05. The summed E-state index contributed by atoms with van der Waals surface area (Å²) in [6.45, 7) is 2.25. The second-order valence-electron chi connectivity index (χ2n) is 4.55. The first-order valence-corrected chi connectivity index (χ1v) is 6.92. The molecular weight excluding hydrogens is 263 g/mol. The molecule has 0 spiro atoms. The van der Waals surface area contributed by atoms with Gasteiger partial charge in [-0.2, -0.15) is 0 Å². The van der Waals surface area contributed by atoms with Crippen LogP contribution in [0.1, 0.15) is 30.4 Å². The van der Waals surface area contributed by atoms with Crippen LogP contribution < -0.4 is 0 Å². The summed E-state index contributed by atoms with van der Waals surface area (Å²) in [6, 6.07) is 15.7. The Labute approximate surface area is 119 Å². The first kappa shape index (κ1) is 13.5. The van der Waals surface area contributed by atoms with Crippen LogP contribution in [0.25, 0.3) is 0 Å². The van der Waals surface area contributed by atoms with E-state index in [1.54, 1.807) is 0 Å². The molecule has 18 heavy (non-hydrogen) atoms. The summed E-state index contributed by atoms with van der Waals surface area (Å²) in [5.74, 6) is 0.665. The van der Waals surface area contributed by atoms with Crippen molar-refractivity contribution < 1.29 is 0 Å².